The van der Waals surface area contributed by atoms with Gasteiger partial charge >= 0.3 is 11.9 Å². The van der Waals surface area contributed by atoms with Crippen molar-refractivity contribution in [3.63, 3.8) is 0 Å². The lowest BCUT2D eigenvalue weighted by molar-refractivity contribution is -0.156. The van der Waals surface area contributed by atoms with Gasteiger partial charge in [-0.1, -0.05) is 82.9 Å². The van der Waals surface area contributed by atoms with E-state index in [-0.39, 0.29) is 19.0 Å². The molecule has 0 saturated heterocycles. The van der Waals surface area contributed by atoms with E-state index in [4.69, 9.17) is 5.11 Å². The second kappa shape index (κ2) is 16.0. The molecule has 1 aromatic heterocycles. The number of nitrogens with one attached hydrogen (secondary N) is 1. The van der Waals surface area contributed by atoms with Gasteiger partial charge in [-0.3, -0.25) is 9.59 Å². The van der Waals surface area contributed by atoms with Crippen molar-refractivity contribution in [2.75, 3.05) is 6.54 Å². The second-order valence-electron chi connectivity index (χ2n) is 8.68. The largest absolute Gasteiger partial charge is 0.474 e. The van der Waals surface area contributed by atoms with Crippen LogP contribution in [0.2, 0.25) is 0 Å². The van der Waals surface area contributed by atoms with Gasteiger partial charge in [0.25, 0.3) is 5.91 Å². The van der Waals surface area contributed by atoms with Crippen LogP contribution in [-0.2, 0) is 22.7 Å². The third kappa shape index (κ3) is 10.5. The summed E-state index contributed by atoms with van der Waals surface area (Å²) in [4.78, 5) is 37.9. The van der Waals surface area contributed by atoms with Gasteiger partial charge in [-0.15, -0.1) is 11.3 Å². The summed E-state index contributed by atoms with van der Waals surface area (Å²) in [5, 5.41) is 14.0. The predicted molar refractivity (Wildman–Crippen MR) is 137 cm³/mol. The lowest BCUT2D eigenvalue weighted by Crippen LogP contribution is -2.35. The molecule has 2 amide bonds. The molecule has 7 heteroatoms. The fourth-order valence-corrected chi connectivity index (χ4v) is 4.54. The van der Waals surface area contributed by atoms with Crippen molar-refractivity contribution in [3.8, 4) is 0 Å². The highest BCUT2D eigenvalue weighted by molar-refractivity contribution is 7.09. The summed E-state index contributed by atoms with van der Waals surface area (Å²) < 4.78 is 0. The maximum absolute atomic E-state index is 12.4. The van der Waals surface area contributed by atoms with Gasteiger partial charge in [-0.25, -0.2) is 4.79 Å². The zero-order valence-corrected chi connectivity index (χ0v) is 21.1. The first-order valence-corrected chi connectivity index (χ1v) is 13.3. The number of carboxylic acids is 1. The lowest BCUT2D eigenvalue weighted by Gasteiger charge is -2.20. The summed E-state index contributed by atoms with van der Waals surface area (Å²) in [6.07, 6.45) is 12.6. The number of hydrogen-bond donors (Lipinski definition) is 2. The summed E-state index contributed by atoms with van der Waals surface area (Å²) in [6, 6.07) is 10.7. The van der Waals surface area contributed by atoms with Crippen LogP contribution >= 0.6 is 11.3 Å². The number of thiophene rings is 1. The summed E-state index contributed by atoms with van der Waals surface area (Å²) in [5.41, 5.74) is 1.34. The SMILES string of the molecule is CCCCCCCCCCCCNC(=O)c1ccc(CN(Cc2cccs2)C(=O)C(=O)O)cc1. The molecule has 2 aromatic rings. The van der Waals surface area contributed by atoms with Crippen LogP contribution in [0.25, 0.3) is 0 Å². The van der Waals surface area contributed by atoms with Crippen molar-refractivity contribution in [1.29, 1.82) is 0 Å². The number of nitrogens with zero attached hydrogens (tertiary/aromatic N) is 1. The van der Waals surface area contributed by atoms with E-state index in [9.17, 15) is 14.4 Å². The number of unbranched alkanes of at least 4 members (excludes halogenated alkanes) is 9. The maximum atomic E-state index is 12.4. The molecule has 0 fully saturated rings. The highest BCUT2D eigenvalue weighted by Crippen LogP contribution is 2.16. The van der Waals surface area contributed by atoms with E-state index in [1.807, 2.05) is 17.5 Å². The van der Waals surface area contributed by atoms with Gasteiger partial charge in [0, 0.05) is 23.5 Å². The molecule has 1 aromatic carbocycles. The first-order chi connectivity index (χ1) is 16.5. The Bertz CT molecular complexity index is 865. The van der Waals surface area contributed by atoms with Gasteiger partial charge in [0.05, 0.1) is 6.54 Å². The molecule has 0 saturated carbocycles. The van der Waals surface area contributed by atoms with Crippen LogP contribution in [0.5, 0.6) is 0 Å². The minimum Gasteiger partial charge on any atom is -0.474 e. The number of benzene rings is 1. The first-order valence-electron chi connectivity index (χ1n) is 12.4. The molecule has 0 unspecified atom stereocenters. The van der Waals surface area contributed by atoms with Crippen molar-refractivity contribution in [1.82, 2.24) is 10.2 Å². The zero-order valence-electron chi connectivity index (χ0n) is 20.3. The monoisotopic (exact) mass is 486 g/mol. The van der Waals surface area contributed by atoms with Crippen molar-refractivity contribution in [3.05, 3.63) is 57.8 Å². The topological polar surface area (TPSA) is 86.7 Å². The molecule has 34 heavy (non-hydrogen) atoms. The van der Waals surface area contributed by atoms with Gasteiger partial charge in [0.2, 0.25) is 0 Å². The van der Waals surface area contributed by atoms with Crippen molar-refractivity contribution in [2.24, 2.45) is 0 Å². The minimum atomic E-state index is -1.47. The summed E-state index contributed by atoms with van der Waals surface area (Å²) in [5.74, 6) is -2.52. The van der Waals surface area contributed by atoms with Crippen LogP contribution in [0.3, 0.4) is 0 Å². The Hall–Kier alpha value is -2.67. The highest BCUT2D eigenvalue weighted by atomic mass is 32.1. The van der Waals surface area contributed by atoms with Gasteiger partial charge < -0.3 is 15.3 Å². The molecule has 0 aliphatic carbocycles. The number of rotatable bonds is 16. The quantitative estimate of drug-likeness (QED) is 0.225. The van der Waals surface area contributed by atoms with Crippen LogP contribution in [0, 0.1) is 0 Å². The van der Waals surface area contributed by atoms with E-state index in [0.717, 1.165) is 23.3 Å². The van der Waals surface area contributed by atoms with Crippen LogP contribution < -0.4 is 5.32 Å². The number of carboxylic acid groups (broad SMARTS) is 1. The van der Waals surface area contributed by atoms with E-state index in [1.54, 1.807) is 24.3 Å². The smallest absolute Gasteiger partial charge is 0.394 e. The number of aliphatic carboxylic acids is 1. The van der Waals surface area contributed by atoms with E-state index >= 15 is 0 Å². The predicted octanol–water partition coefficient (Wildman–Crippen LogP) is 6.01. The minimum absolute atomic E-state index is 0.112. The summed E-state index contributed by atoms with van der Waals surface area (Å²) >= 11 is 1.48. The molecule has 0 radical (unpaired) electrons. The average Bonchev–Trinajstić information content (AvgIpc) is 3.35. The van der Waals surface area contributed by atoms with Crippen LogP contribution in [0.1, 0.15) is 91.9 Å². The second-order valence-corrected chi connectivity index (χ2v) is 9.71. The number of carbonyl (C=O) groups is 3. The van der Waals surface area contributed by atoms with Crippen molar-refractivity contribution in [2.45, 2.75) is 84.2 Å². The Balaban J connectivity index is 1.70. The van der Waals surface area contributed by atoms with Gasteiger partial charge in [-0.05, 0) is 35.6 Å². The Labute approximate surface area is 207 Å². The molecule has 1 heterocycles. The fourth-order valence-electron chi connectivity index (χ4n) is 3.82. The number of hydrogen-bond acceptors (Lipinski definition) is 4. The third-order valence-corrected chi connectivity index (χ3v) is 6.66. The van der Waals surface area contributed by atoms with Gasteiger partial charge in [0.15, 0.2) is 0 Å². The van der Waals surface area contributed by atoms with Crippen LogP contribution in [-0.4, -0.2) is 34.3 Å². The Morgan fingerprint density at radius 3 is 2.03 bits per heavy atom. The van der Waals surface area contributed by atoms with Crippen molar-refractivity contribution < 1.29 is 19.5 Å². The Morgan fingerprint density at radius 1 is 0.853 bits per heavy atom. The molecule has 0 bridgehead atoms. The Morgan fingerprint density at radius 2 is 1.47 bits per heavy atom. The average molecular weight is 487 g/mol. The lowest BCUT2D eigenvalue weighted by atomic mass is 10.1. The Kier molecular flexibility index (Phi) is 13.0. The van der Waals surface area contributed by atoms with Crippen LogP contribution in [0.15, 0.2) is 41.8 Å². The summed E-state index contributed by atoms with van der Waals surface area (Å²) in [7, 11) is 0. The van der Waals surface area contributed by atoms with Gasteiger partial charge in [-0.2, -0.15) is 0 Å². The molecule has 0 aliphatic heterocycles. The first kappa shape index (κ1) is 27.6. The molecule has 0 spiro atoms. The standard InChI is InChI=1S/C27H38N2O4S/c1-2-3-4-5-6-7-8-9-10-11-18-28-25(30)23-16-14-22(15-17-23)20-29(26(31)27(32)33)21-24-13-12-19-34-24/h12-17,19H,2-11,18,20-21H2,1H3,(H,28,30)(H,32,33). The molecule has 2 rings (SSSR count). The zero-order chi connectivity index (χ0) is 24.6. The molecule has 0 atom stereocenters. The van der Waals surface area contributed by atoms with Crippen molar-refractivity contribution >= 4 is 29.1 Å². The number of carbonyl (C=O) groups excluding carboxylic acids is 2. The highest BCUT2D eigenvalue weighted by Gasteiger charge is 2.22. The molecule has 6 nitrogen and oxygen atoms in total. The fraction of sp³-hybridized carbons (Fsp3) is 0.519. The summed E-state index contributed by atoms with van der Waals surface area (Å²) in [6.45, 7) is 3.31. The molecule has 0 aliphatic rings. The van der Waals surface area contributed by atoms with Gasteiger partial charge in [0.1, 0.15) is 0 Å². The molecular weight excluding hydrogens is 448 g/mol. The third-order valence-electron chi connectivity index (χ3n) is 5.80. The van der Waals surface area contributed by atoms with Crippen LogP contribution in [0.4, 0.5) is 0 Å². The van der Waals surface area contributed by atoms with E-state index in [1.165, 1.54) is 67.6 Å². The van der Waals surface area contributed by atoms with E-state index in [0.29, 0.717) is 12.1 Å². The maximum Gasteiger partial charge on any atom is 0.394 e. The van der Waals surface area contributed by atoms with E-state index in [2.05, 4.69) is 12.2 Å². The van der Waals surface area contributed by atoms with E-state index < -0.39 is 11.9 Å². The molecule has 2 N–H and O–H groups in total. The molecule has 186 valence electrons. The number of amides is 2. The normalized spacial score (nSPS) is 10.7. The molecular formula is C27H38N2O4S.